The zero-order valence-electron chi connectivity index (χ0n) is 15.8. The summed E-state index contributed by atoms with van der Waals surface area (Å²) in [6, 6.07) is 5.25. The number of aliphatic imine (C=N–C) groups is 1. The van der Waals surface area contributed by atoms with Crippen LogP contribution in [0.2, 0.25) is 0 Å². The van der Waals surface area contributed by atoms with Gasteiger partial charge < -0.3 is 20.3 Å². The second-order valence-corrected chi connectivity index (χ2v) is 5.86. The van der Waals surface area contributed by atoms with Gasteiger partial charge in [-0.2, -0.15) is 0 Å². The molecular weight excluding hydrogens is 434 g/mol. The average Bonchev–Trinajstić information content (AvgIpc) is 2.56. The van der Waals surface area contributed by atoms with Gasteiger partial charge in [0.2, 0.25) is 0 Å². The van der Waals surface area contributed by atoms with Crippen LogP contribution in [0.3, 0.4) is 0 Å². The van der Waals surface area contributed by atoms with Gasteiger partial charge in [0.05, 0.1) is 6.54 Å². The summed E-state index contributed by atoms with van der Waals surface area (Å²) in [6.07, 6.45) is 1.03. The van der Waals surface area contributed by atoms with Crippen molar-refractivity contribution in [3.8, 4) is 0 Å². The number of aryl methyl sites for hydroxylation is 1. The molecule has 0 aliphatic rings. The van der Waals surface area contributed by atoms with Crippen LogP contribution in [0, 0.1) is 12.7 Å². The maximum atomic E-state index is 13.6. The van der Waals surface area contributed by atoms with Crippen molar-refractivity contribution in [3.63, 3.8) is 0 Å². The minimum atomic E-state index is -0.182. The topological polar surface area (TPSA) is 48.9 Å². The fraction of sp³-hybridized carbons (Fsp3) is 0.611. The van der Waals surface area contributed by atoms with Gasteiger partial charge in [-0.05, 0) is 44.5 Å². The average molecular weight is 466 g/mol. The molecule has 0 saturated heterocycles. The summed E-state index contributed by atoms with van der Waals surface area (Å²) in [4.78, 5) is 6.77. The number of benzene rings is 1. The summed E-state index contributed by atoms with van der Waals surface area (Å²) in [5.41, 5.74) is 1.52. The Morgan fingerprint density at radius 1 is 1.28 bits per heavy atom. The molecule has 1 aromatic carbocycles. The second kappa shape index (κ2) is 14.3. The molecule has 0 bridgehead atoms. The fourth-order valence-electron chi connectivity index (χ4n) is 2.20. The minimum Gasteiger partial charge on any atom is -0.385 e. The van der Waals surface area contributed by atoms with Crippen molar-refractivity contribution in [3.05, 3.63) is 35.1 Å². The summed E-state index contributed by atoms with van der Waals surface area (Å²) in [7, 11) is 3.82. The number of hydrogen-bond acceptors (Lipinski definition) is 3. The molecule has 0 amide bonds. The lowest BCUT2D eigenvalue weighted by Gasteiger charge is -2.18. The van der Waals surface area contributed by atoms with Crippen molar-refractivity contribution in [2.45, 2.75) is 26.8 Å². The second-order valence-electron chi connectivity index (χ2n) is 5.86. The van der Waals surface area contributed by atoms with Gasteiger partial charge in [-0.3, -0.25) is 0 Å². The molecule has 0 atom stereocenters. The van der Waals surface area contributed by atoms with E-state index in [1.165, 1.54) is 0 Å². The Morgan fingerprint density at radius 3 is 2.68 bits per heavy atom. The Hall–Kier alpha value is -0.930. The van der Waals surface area contributed by atoms with Gasteiger partial charge in [-0.15, -0.1) is 24.0 Å². The number of nitrogens with zero attached hydrogens (tertiary/aromatic N) is 2. The first-order valence-corrected chi connectivity index (χ1v) is 8.51. The van der Waals surface area contributed by atoms with Gasteiger partial charge in [0.15, 0.2) is 5.96 Å². The summed E-state index contributed by atoms with van der Waals surface area (Å²) in [5.74, 6) is 0.571. The summed E-state index contributed by atoms with van der Waals surface area (Å²) in [5, 5.41) is 6.52. The fourth-order valence-corrected chi connectivity index (χ4v) is 2.20. The van der Waals surface area contributed by atoms with Gasteiger partial charge in [0.1, 0.15) is 5.82 Å². The minimum absolute atomic E-state index is 0. The highest BCUT2D eigenvalue weighted by molar-refractivity contribution is 14.0. The number of rotatable bonds is 10. The zero-order valence-corrected chi connectivity index (χ0v) is 18.1. The maximum absolute atomic E-state index is 13.6. The van der Waals surface area contributed by atoms with Crippen molar-refractivity contribution < 1.29 is 9.13 Å². The number of likely N-dealkylation sites (N-methyl/N-ethyl adjacent to an activating group) is 1. The summed E-state index contributed by atoms with van der Waals surface area (Å²) in [6.45, 7) is 8.55. The van der Waals surface area contributed by atoms with Gasteiger partial charge >= 0.3 is 0 Å². The lowest BCUT2D eigenvalue weighted by atomic mass is 10.1. The summed E-state index contributed by atoms with van der Waals surface area (Å²) < 4.78 is 18.6. The number of nitrogens with one attached hydrogen (secondary N) is 2. The molecule has 1 rings (SSSR count). The molecule has 2 N–H and O–H groups in total. The van der Waals surface area contributed by atoms with Crippen LogP contribution in [-0.4, -0.2) is 57.8 Å². The van der Waals surface area contributed by atoms with Crippen molar-refractivity contribution in [2.24, 2.45) is 4.99 Å². The van der Waals surface area contributed by atoms with Gasteiger partial charge in [0.25, 0.3) is 0 Å². The smallest absolute Gasteiger partial charge is 0.191 e. The maximum Gasteiger partial charge on any atom is 0.191 e. The molecule has 0 spiro atoms. The highest BCUT2D eigenvalue weighted by Crippen LogP contribution is 2.09. The molecular formula is C18H32FIN4O. The molecule has 5 nitrogen and oxygen atoms in total. The van der Waals surface area contributed by atoms with Crippen LogP contribution in [0.25, 0.3) is 0 Å². The number of halogens is 2. The largest absolute Gasteiger partial charge is 0.385 e. The number of hydrogen-bond donors (Lipinski definition) is 2. The van der Waals surface area contributed by atoms with Crippen LogP contribution >= 0.6 is 24.0 Å². The Kier molecular flexibility index (Phi) is 13.7. The van der Waals surface area contributed by atoms with E-state index in [-0.39, 0.29) is 29.8 Å². The van der Waals surface area contributed by atoms with Crippen LogP contribution in [-0.2, 0) is 11.3 Å². The monoisotopic (exact) mass is 466 g/mol. The highest BCUT2D eigenvalue weighted by Gasteiger charge is 2.02. The van der Waals surface area contributed by atoms with Gasteiger partial charge in [-0.1, -0.05) is 12.1 Å². The van der Waals surface area contributed by atoms with E-state index in [9.17, 15) is 4.39 Å². The van der Waals surface area contributed by atoms with Crippen molar-refractivity contribution in [2.75, 3.05) is 46.9 Å². The van der Waals surface area contributed by atoms with E-state index in [0.29, 0.717) is 12.1 Å². The standard InChI is InChI=1S/C18H31FN4O.HI/c1-5-20-18(21-9-11-23(3)10-6-12-24-4)22-14-16-8-7-15(2)17(19)13-16;/h7-8,13H,5-6,9-12,14H2,1-4H3,(H2,20,21,22);1H. The number of ether oxygens (including phenoxy) is 1. The highest BCUT2D eigenvalue weighted by atomic mass is 127. The summed E-state index contributed by atoms with van der Waals surface area (Å²) >= 11 is 0. The van der Waals surface area contributed by atoms with E-state index in [2.05, 4.69) is 27.6 Å². The van der Waals surface area contributed by atoms with Crippen LogP contribution in [0.4, 0.5) is 4.39 Å². The van der Waals surface area contributed by atoms with Crippen molar-refractivity contribution in [1.82, 2.24) is 15.5 Å². The van der Waals surface area contributed by atoms with Crippen LogP contribution in [0.1, 0.15) is 24.5 Å². The van der Waals surface area contributed by atoms with E-state index < -0.39 is 0 Å². The first-order valence-electron chi connectivity index (χ1n) is 8.51. The SMILES string of the molecule is CCNC(=NCc1ccc(C)c(F)c1)NCCN(C)CCCOC.I. The first kappa shape index (κ1) is 24.1. The van der Waals surface area contributed by atoms with E-state index in [0.717, 1.165) is 50.7 Å². The van der Waals surface area contributed by atoms with E-state index in [4.69, 9.17) is 4.74 Å². The molecule has 0 heterocycles. The third-order valence-electron chi connectivity index (χ3n) is 3.67. The molecule has 1 aromatic rings. The molecule has 0 unspecified atom stereocenters. The first-order chi connectivity index (χ1) is 11.6. The van der Waals surface area contributed by atoms with E-state index >= 15 is 0 Å². The molecule has 0 fully saturated rings. The zero-order chi connectivity index (χ0) is 17.8. The van der Waals surface area contributed by atoms with E-state index in [1.807, 2.05) is 13.0 Å². The molecule has 7 heteroatoms. The van der Waals surface area contributed by atoms with E-state index in [1.54, 1.807) is 26.2 Å². The Morgan fingerprint density at radius 2 is 2.04 bits per heavy atom. The predicted molar refractivity (Wildman–Crippen MR) is 113 cm³/mol. The van der Waals surface area contributed by atoms with Crippen LogP contribution in [0.15, 0.2) is 23.2 Å². The molecule has 0 aliphatic heterocycles. The van der Waals surface area contributed by atoms with Crippen molar-refractivity contribution >= 4 is 29.9 Å². The quantitative estimate of drug-likeness (QED) is 0.241. The molecule has 0 aliphatic carbocycles. The Balaban J connectivity index is 0.00000576. The number of methoxy groups -OCH3 is 1. The molecule has 25 heavy (non-hydrogen) atoms. The molecule has 0 aromatic heterocycles. The Bertz CT molecular complexity index is 514. The van der Waals surface area contributed by atoms with Gasteiger partial charge in [-0.25, -0.2) is 9.38 Å². The van der Waals surface area contributed by atoms with Crippen LogP contribution in [0.5, 0.6) is 0 Å². The molecule has 144 valence electrons. The number of guanidine groups is 1. The predicted octanol–water partition coefficient (Wildman–Crippen LogP) is 2.78. The van der Waals surface area contributed by atoms with Gasteiger partial charge in [0, 0.05) is 39.9 Å². The molecule has 0 saturated carbocycles. The van der Waals surface area contributed by atoms with Crippen molar-refractivity contribution in [1.29, 1.82) is 0 Å². The van der Waals surface area contributed by atoms with Crippen LogP contribution < -0.4 is 10.6 Å². The molecule has 0 radical (unpaired) electrons. The third-order valence-corrected chi connectivity index (χ3v) is 3.67. The lowest BCUT2D eigenvalue weighted by molar-refractivity contribution is 0.180. The normalized spacial score (nSPS) is 11.4. The third kappa shape index (κ3) is 10.6. The Labute approximate surface area is 168 Å². The lowest BCUT2D eigenvalue weighted by Crippen LogP contribution is -2.41.